The Kier molecular flexibility index (Phi) is 14.1. The fraction of sp³-hybridized carbons (Fsp3) is 0.588. The van der Waals surface area contributed by atoms with Crippen LogP contribution in [0.5, 0.6) is 5.75 Å². The first-order valence-electron chi connectivity index (χ1n) is 16.0. The summed E-state index contributed by atoms with van der Waals surface area (Å²) in [6.45, 7) is 6.42. The Morgan fingerprint density at radius 3 is 2.40 bits per heavy atom. The van der Waals surface area contributed by atoms with Gasteiger partial charge in [0, 0.05) is 44.3 Å². The topological polar surface area (TPSA) is 91.3 Å². The molecule has 1 aliphatic heterocycles. The summed E-state index contributed by atoms with van der Waals surface area (Å²) in [5.74, 6) is -1.39. The second kappa shape index (κ2) is 17.3. The standard InChI is InChI=1S/C34H45F6N3O5/c1-22-18-43(23(2)21-44)32(46)28-17-27(41-31(45)14-15-33(35,36)37)12-13-29(28)48-24(3)7-5-6-16-47-30(22)20-42(4)19-25-8-10-26(11-9-25)34(38,39)40/h8-13,17,22-24,30,44H,5-7,14-16,18-21H2,1-4H3,(H,41,45)/t22-,23-,24-,30+/m1/s1. The summed E-state index contributed by atoms with van der Waals surface area (Å²) >= 11 is 0. The van der Waals surface area contributed by atoms with Gasteiger partial charge in [0.05, 0.1) is 42.4 Å². The summed E-state index contributed by atoms with van der Waals surface area (Å²) < 4.78 is 89.5. The van der Waals surface area contributed by atoms with E-state index < -0.39 is 48.6 Å². The Hall–Kier alpha value is -3.36. The minimum Gasteiger partial charge on any atom is -0.490 e. The van der Waals surface area contributed by atoms with Crippen molar-refractivity contribution < 1.29 is 50.5 Å². The third kappa shape index (κ3) is 12.3. The molecule has 2 N–H and O–H groups in total. The first-order chi connectivity index (χ1) is 22.5. The summed E-state index contributed by atoms with van der Waals surface area (Å²) in [5, 5.41) is 12.5. The number of anilines is 1. The fourth-order valence-electron chi connectivity index (χ4n) is 5.42. The molecule has 0 radical (unpaired) electrons. The molecule has 2 aromatic carbocycles. The molecule has 0 bridgehead atoms. The first kappa shape index (κ1) is 39.1. The highest BCUT2D eigenvalue weighted by molar-refractivity contribution is 5.99. The van der Waals surface area contributed by atoms with Gasteiger partial charge in [-0.2, -0.15) is 26.3 Å². The summed E-state index contributed by atoms with van der Waals surface area (Å²) in [6, 6.07) is 8.66. The Balaban J connectivity index is 1.86. The van der Waals surface area contributed by atoms with Crippen molar-refractivity contribution in [3.05, 3.63) is 59.2 Å². The number of amides is 2. The third-order valence-electron chi connectivity index (χ3n) is 8.20. The lowest BCUT2D eigenvalue weighted by Gasteiger charge is -2.36. The number of rotatable bonds is 9. The molecule has 1 heterocycles. The van der Waals surface area contributed by atoms with Gasteiger partial charge >= 0.3 is 12.4 Å². The van der Waals surface area contributed by atoms with E-state index in [1.165, 1.54) is 35.2 Å². The molecule has 2 amide bonds. The molecule has 3 rings (SSSR count). The highest BCUT2D eigenvalue weighted by atomic mass is 19.4. The highest BCUT2D eigenvalue weighted by Gasteiger charge is 2.32. The van der Waals surface area contributed by atoms with Crippen molar-refractivity contribution >= 4 is 17.5 Å². The number of hydrogen-bond acceptors (Lipinski definition) is 6. The van der Waals surface area contributed by atoms with E-state index in [4.69, 9.17) is 9.47 Å². The second-order valence-electron chi connectivity index (χ2n) is 12.6. The monoisotopic (exact) mass is 689 g/mol. The Bertz CT molecular complexity index is 1340. The van der Waals surface area contributed by atoms with Crippen molar-refractivity contribution in [1.82, 2.24) is 9.80 Å². The first-order valence-corrected chi connectivity index (χ1v) is 16.0. The normalized spacial score (nSPS) is 20.9. The molecule has 14 heteroatoms. The molecule has 268 valence electrons. The predicted molar refractivity (Wildman–Crippen MR) is 169 cm³/mol. The minimum atomic E-state index is -4.49. The molecule has 4 atom stereocenters. The number of nitrogens with zero attached hydrogens (tertiary/aromatic N) is 2. The van der Waals surface area contributed by atoms with Crippen LogP contribution >= 0.6 is 0 Å². The number of halogens is 6. The number of hydrogen-bond donors (Lipinski definition) is 2. The van der Waals surface area contributed by atoms with Crippen LogP contribution in [0.4, 0.5) is 32.0 Å². The minimum absolute atomic E-state index is 0.0805. The van der Waals surface area contributed by atoms with Gasteiger partial charge in [0.1, 0.15) is 5.75 Å². The van der Waals surface area contributed by atoms with E-state index in [0.29, 0.717) is 31.7 Å². The van der Waals surface area contributed by atoms with E-state index in [9.17, 15) is 41.0 Å². The van der Waals surface area contributed by atoms with Gasteiger partial charge in [-0.05, 0) is 76.1 Å². The van der Waals surface area contributed by atoms with E-state index in [-0.39, 0.29) is 48.3 Å². The number of aliphatic hydroxyl groups is 1. The van der Waals surface area contributed by atoms with E-state index in [0.717, 1.165) is 25.0 Å². The molecule has 0 spiro atoms. The SMILES string of the molecule is C[C@@H]1CCCCO[C@@H](CN(C)Cc2ccc(C(F)(F)F)cc2)[C@H](C)CN([C@H](C)CO)C(=O)c2cc(NC(=O)CCC(F)(F)F)ccc2O1. The average molecular weight is 690 g/mol. The number of carbonyl (C=O) groups excluding carboxylic acids is 2. The van der Waals surface area contributed by atoms with Gasteiger partial charge in [-0.3, -0.25) is 14.5 Å². The summed E-state index contributed by atoms with van der Waals surface area (Å²) in [7, 11) is 1.83. The van der Waals surface area contributed by atoms with Gasteiger partial charge < -0.3 is 24.8 Å². The van der Waals surface area contributed by atoms with Crippen LogP contribution in [0.25, 0.3) is 0 Å². The number of ether oxygens (including phenoxy) is 2. The largest absolute Gasteiger partial charge is 0.490 e. The predicted octanol–water partition coefficient (Wildman–Crippen LogP) is 6.91. The number of alkyl halides is 6. The maximum Gasteiger partial charge on any atom is 0.416 e. The van der Waals surface area contributed by atoms with Crippen LogP contribution in [0.2, 0.25) is 0 Å². The molecule has 0 aromatic heterocycles. The molecule has 2 aromatic rings. The summed E-state index contributed by atoms with van der Waals surface area (Å²) in [5.41, 5.74) is 0.174. The number of carbonyl (C=O) groups is 2. The Labute approximate surface area is 277 Å². The van der Waals surface area contributed by atoms with E-state index in [1.54, 1.807) is 6.92 Å². The lowest BCUT2D eigenvalue weighted by molar-refractivity contribution is -0.142. The second-order valence-corrected chi connectivity index (χ2v) is 12.6. The van der Waals surface area contributed by atoms with Gasteiger partial charge in [0.2, 0.25) is 5.91 Å². The van der Waals surface area contributed by atoms with Gasteiger partial charge in [-0.25, -0.2) is 0 Å². The van der Waals surface area contributed by atoms with Crippen molar-refractivity contribution in [2.24, 2.45) is 5.92 Å². The Morgan fingerprint density at radius 2 is 1.77 bits per heavy atom. The fourth-order valence-corrected chi connectivity index (χ4v) is 5.42. The summed E-state index contributed by atoms with van der Waals surface area (Å²) in [4.78, 5) is 29.8. The van der Waals surface area contributed by atoms with E-state index >= 15 is 0 Å². The molecule has 0 unspecified atom stereocenters. The van der Waals surface area contributed by atoms with Crippen molar-refractivity contribution in [2.45, 2.75) is 90.0 Å². The molecule has 0 saturated heterocycles. The average Bonchev–Trinajstić information content (AvgIpc) is 3.01. The number of likely N-dealkylation sites (N-methyl/N-ethyl adjacent to an activating group) is 1. The molecule has 48 heavy (non-hydrogen) atoms. The van der Waals surface area contributed by atoms with Crippen molar-refractivity contribution in [3.63, 3.8) is 0 Å². The third-order valence-corrected chi connectivity index (χ3v) is 8.20. The number of fused-ring (bicyclic) bond motifs is 1. The smallest absolute Gasteiger partial charge is 0.416 e. The zero-order valence-electron chi connectivity index (χ0n) is 27.7. The van der Waals surface area contributed by atoms with Crippen LogP contribution in [0.15, 0.2) is 42.5 Å². The lowest BCUT2D eigenvalue weighted by Crippen LogP contribution is -2.47. The number of aliphatic hydroxyl groups excluding tert-OH is 1. The number of nitrogens with one attached hydrogen (secondary N) is 1. The molecule has 0 aliphatic carbocycles. The lowest BCUT2D eigenvalue weighted by atomic mass is 10.0. The molecule has 1 aliphatic rings. The molecule has 8 nitrogen and oxygen atoms in total. The molecule has 0 fully saturated rings. The zero-order valence-corrected chi connectivity index (χ0v) is 27.7. The van der Waals surface area contributed by atoms with Gasteiger partial charge in [0.25, 0.3) is 5.91 Å². The van der Waals surface area contributed by atoms with Crippen molar-refractivity contribution in [2.75, 3.05) is 38.7 Å². The van der Waals surface area contributed by atoms with Gasteiger partial charge in [-0.15, -0.1) is 0 Å². The molecular weight excluding hydrogens is 644 g/mol. The highest BCUT2D eigenvalue weighted by Crippen LogP contribution is 2.31. The molecular formula is C34H45F6N3O5. The van der Waals surface area contributed by atoms with Crippen molar-refractivity contribution in [1.29, 1.82) is 0 Å². The summed E-state index contributed by atoms with van der Waals surface area (Å²) in [6.07, 6.45) is -9.55. The van der Waals surface area contributed by atoms with Gasteiger partial charge in [-0.1, -0.05) is 19.1 Å². The molecule has 0 saturated carbocycles. The van der Waals surface area contributed by atoms with Gasteiger partial charge in [0.15, 0.2) is 0 Å². The zero-order chi connectivity index (χ0) is 35.6. The van der Waals surface area contributed by atoms with Crippen LogP contribution in [0.1, 0.15) is 74.4 Å². The van der Waals surface area contributed by atoms with Crippen LogP contribution < -0.4 is 10.1 Å². The van der Waals surface area contributed by atoms with Crippen LogP contribution in [0, 0.1) is 5.92 Å². The maximum atomic E-state index is 14.2. The maximum absolute atomic E-state index is 14.2. The van der Waals surface area contributed by atoms with Crippen LogP contribution in [-0.4, -0.2) is 84.5 Å². The number of benzene rings is 2. The van der Waals surface area contributed by atoms with E-state index in [1.807, 2.05) is 25.8 Å². The van der Waals surface area contributed by atoms with Crippen molar-refractivity contribution in [3.8, 4) is 5.75 Å². The van der Waals surface area contributed by atoms with Crippen LogP contribution in [0.3, 0.4) is 0 Å². The van der Waals surface area contributed by atoms with E-state index in [2.05, 4.69) is 5.32 Å². The quantitative estimate of drug-likeness (QED) is 0.278. The Morgan fingerprint density at radius 1 is 1.08 bits per heavy atom. The van der Waals surface area contributed by atoms with Crippen LogP contribution in [-0.2, 0) is 22.3 Å².